The third-order valence-corrected chi connectivity index (χ3v) is 5.16. The molecule has 2 heterocycles. The Morgan fingerprint density at radius 3 is 2.88 bits per heavy atom. The largest absolute Gasteiger partial charge is 0.396 e. The minimum Gasteiger partial charge on any atom is -0.396 e. The van der Waals surface area contributed by atoms with E-state index < -0.39 is 9.84 Å². The fourth-order valence-electron chi connectivity index (χ4n) is 1.94. The van der Waals surface area contributed by atoms with Gasteiger partial charge >= 0.3 is 0 Å². The number of nitrogens with zero attached hydrogens (tertiary/aromatic N) is 1. The zero-order chi connectivity index (χ0) is 12.5. The normalized spacial score (nSPS) is 23.2. The highest BCUT2D eigenvalue weighted by atomic mass is 79.9. The number of nitrogens with one attached hydrogen (secondary N) is 1. The van der Waals surface area contributed by atoms with E-state index in [1.165, 1.54) is 0 Å². The fraction of sp³-hybridized carbons (Fsp3) is 0.500. The van der Waals surface area contributed by atoms with Gasteiger partial charge in [0.25, 0.3) is 0 Å². The summed E-state index contributed by atoms with van der Waals surface area (Å²) in [5.41, 5.74) is 7.04. The molecule has 0 spiro atoms. The van der Waals surface area contributed by atoms with Crippen molar-refractivity contribution in [3.8, 4) is 0 Å². The van der Waals surface area contributed by atoms with Crippen LogP contribution >= 0.6 is 15.9 Å². The molecule has 1 aromatic rings. The molecule has 0 aliphatic carbocycles. The third-order valence-electron chi connectivity index (χ3n) is 2.74. The van der Waals surface area contributed by atoms with Gasteiger partial charge in [0.1, 0.15) is 0 Å². The van der Waals surface area contributed by atoms with E-state index in [0.717, 1.165) is 16.6 Å². The van der Waals surface area contributed by atoms with Crippen LogP contribution in [0.25, 0.3) is 0 Å². The minimum absolute atomic E-state index is 0.0743. The standard InChI is InChI=1S/C10H14BrN3O2S/c11-8-4-13-5-9(12)10(8)14-7-2-1-3-17(15,16)6-7/h4-5,7H,1-3,6,12H2,(H,13,14). The van der Waals surface area contributed by atoms with Crippen molar-refractivity contribution in [2.75, 3.05) is 22.6 Å². The summed E-state index contributed by atoms with van der Waals surface area (Å²) in [7, 11) is -2.91. The van der Waals surface area contributed by atoms with Crippen LogP contribution in [-0.2, 0) is 9.84 Å². The van der Waals surface area contributed by atoms with Crippen LogP contribution in [0.1, 0.15) is 12.8 Å². The molecule has 3 N–H and O–H groups in total. The number of sulfone groups is 1. The summed E-state index contributed by atoms with van der Waals surface area (Å²) in [6.07, 6.45) is 4.72. The second-order valence-corrected chi connectivity index (χ2v) is 7.27. The molecule has 5 nitrogen and oxygen atoms in total. The van der Waals surface area contributed by atoms with Crippen molar-refractivity contribution in [1.29, 1.82) is 0 Å². The zero-order valence-corrected chi connectivity index (χ0v) is 11.6. The lowest BCUT2D eigenvalue weighted by molar-refractivity contribution is 0.562. The van der Waals surface area contributed by atoms with Gasteiger partial charge < -0.3 is 11.1 Å². The Morgan fingerprint density at radius 1 is 1.47 bits per heavy atom. The van der Waals surface area contributed by atoms with Crippen molar-refractivity contribution in [3.63, 3.8) is 0 Å². The maximum absolute atomic E-state index is 11.5. The average molecular weight is 320 g/mol. The van der Waals surface area contributed by atoms with E-state index in [1.54, 1.807) is 12.4 Å². The smallest absolute Gasteiger partial charge is 0.152 e. The van der Waals surface area contributed by atoms with Crippen molar-refractivity contribution >= 4 is 37.1 Å². The van der Waals surface area contributed by atoms with Crippen LogP contribution < -0.4 is 11.1 Å². The molecule has 1 aromatic heterocycles. The number of halogens is 1. The van der Waals surface area contributed by atoms with Crippen molar-refractivity contribution in [1.82, 2.24) is 4.98 Å². The minimum atomic E-state index is -2.91. The molecule has 0 aromatic carbocycles. The molecular weight excluding hydrogens is 306 g/mol. The molecular formula is C10H14BrN3O2S. The van der Waals surface area contributed by atoms with E-state index in [1.807, 2.05) is 0 Å². The molecule has 1 aliphatic rings. The number of rotatable bonds is 2. The van der Waals surface area contributed by atoms with Gasteiger partial charge in [-0.05, 0) is 28.8 Å². The number of nitrogen functional groups attached to an aromatic ring is 1. The number of pyridine rings is 1. The molecule has 1 aliphatic heterocycles. The van der Waals surface area contributed by atoms with Crippen molar-refractivity contribution in [3.05, 3.63) is 16.9 Å². The Labute approximate surface area is 109 Å². The lowest BCUT2D eigenvalue weighted by Crippen LogP contribution is -2.35. The first-order valence-electron chi connectivity index (χ1n) is 5.34. The van der Waals surface area contributed by atoms with Crippen LogP contribution in [0.2, 0.25) is 0 Å². The summed E-state index contributed by atoms with van der Waals surface area (Å²) < 4.78 is 23.8. The number of aromatic nitrogens is 1. The quantitative estimate of drug-likeness (QED) is 0.861. The summed E-state index contributed by atoms with van der Waals surface area (Å²) in [6, 6.07) is -0.0743. The van der Waals surface area contributed by atoms with Crippen LogP contribution in [-0.4, -0.2) is 30.9 Å². The third kappa shape index (κ3) is 3.10. The van der Waals surface area contributed by atoms with E-state index in [0.29, 0.717) is 12.1 Å². The number of hydrogen-bond donors (Lipinski definition) is 2. The molecule has 94 valence electrons. The molecule has 1 fully saturated rings. The van der Waals surface area contributed by atoms with Gasteiger partial charge in [0.15, 0.2) is 9.84 Å². The summed E-state index contributed by atoms with van der Waals surface area (Å²) in [5.74, 6) is 0.458. The lowest BCUT2D eigenvalue weighted by atomic mass is 10.2. The summed E-state index contributed by atoms with van der Waals surface area (Å²) in [6.45, 7) is 0. The van der Waals surface area contributed by atoms with Gasteiger partial charge in [0.05, 0.1) is 33.6 Å². The van der Waals surface area contributed by atoms with Crippen LogP contribution in [0.5, 0.6) is 0 Å². The zero-order valence-electron chi connectivity index (χ0n) is 9.19. The SMILES string of the molecule is Nc1cncc(Br)c1NC1CCCS(=O)(=O)C1. The molecule has 2 rings (SSSR count). The Balaban J connectivity index is 2.16. The predicted molar refractivity (Wildman–Crippen MR) is 71.6 cm³/mol. The van der Waals surface area contributed by atoms with Crippen LogP contribution in [0.4, 0.5) is 11.4 Å². The maximum Gasteiger partial charge on any atom is 0.152 e. The summed E-state index contributed by atoms with van der Waals surface area (Å²) in [4.78, 5) is 3.94. The summed E-state index contributed by atoms with van der Waals surface area (Å²) >= 11 is 3.35. The molecule has 0 bridgehead atoms. The first-order chi connectivity index (χ1) is 7.98. The predicted octanol–water partition coefficient (Wildman–Crippen LogP) is 1.42. The van der Waals surface area contributed by atoms with Crippen LogP contribution in [0.15, 0.2) is 16.9 Å². The van der Waals surface area contributed by atoms with Gasteiger partial charge in [0.2, 0.25) is 0 Å². The number of hydrogen-bond acceptors (Lipinski definition) is 5. The van der Waals surface area contributed by atoms with Gasteiger partial charge in [-0.3, -0.25) is 4.98 Å². The Hall–Kier alpha value is -0.820. The Morgan fingerprint density at radius 2 is 2.24 bits per heavy atom. The van der Waals surface area contributed by atoms with Crippen molar-refractivity contribution in [2.45, 2.75) is 18.9 Å². The first kappa shape index (κ1) is 12.6. The van der Waals surface area contributed by atoms with E-state index in [9.17, 15) is 8.42 Å². The maximum atomic E-state index is 11.5. The van der Waals surface area contributed by atoms with Crippen molar-refractivity contribution in [2.24, 2.45) is 0 Å². The van der Waals surface area contributed by atoms with E-state index in [2.05, 4.69) is 26.2 Å². The summed E-state index contributed by atoms with van der Waals surface area (Å²) in [5, 5.41) is 3.18. The topological polar surface area (TPSA) is 85.1 Å². The van der Waals surface area contributed by atoms with Gasteiger partial charge in [-0.2, -0.15) is 0 Å². The number of anilines is 2. The molecule has 0 amide bonds. The fourth-order valence-corrected chi connectivity index (χ4v) is 4.04. The van der Waals surface area contributed by atoms with Crippen LogP contribution in [0.3, 0.4) is 0 Å². The molecule has 0 radical (unpaired) electrons. The van der Waals surface area contributed by atoms with Gasteiger partial charge in [-0.25, -0.2) is 8.42 Å². The monoisotopic (exact) mass is 319 g/mol. The van der Waals surface area contributed by atoms with E-state index in [-0.39, 0.29) is 17.5 Å². The number of nitrogens with two attached hydrogens (primary N) is 1. The first-order valence-corrected chi connectivity index (χ1v) is 7.95. The highest BCUT2D eigenvalue weighted by molar-refractivity contribution is 9.10. The molecule has 1 saturated heterocycles. The molecule has 17 heavy (non-hydrogen) atoms. The van der Waals surface area contributed by atoms with Crippen molar-refractivity contribution < 1.29 is 8.42 Å². The molecule has 1 atom stereocenters. The molecule has 7 heteroatoms. The van der Waals surface area contributed by atoms with E-state index in [4.69, 9.17) is 5.73 Å². The van der Waals surface area contributed by atoms with Gasteiger partial charge in [-0.1, -0.05) is 0 Å². The highest BCUT2D eigenvalue weighted by Crippen LogP contribution is 2.29. The Bertz CT molecular complexity index is 498. The highest BCUT2D eigenvalue weighted by Gasteiger charge is 2.25. The van der Waals surface area contributed by atoms with Gasteiger partial charge in [-0.15, -0.1) is 0 Å². The second-order valence-electron chi connectivity index (χ2n) is 4.18. The lowest BCUT2D eigenvalue weighted by Gasteiger charge is -2.25. The Kier molecular flexibility index (Phi) is 3.58. The van der Waals surface area contributed by atoms with Crippen LogP contribution in [0, 0.1) is 0 Å². The van der Waals surface area contributed by atoms with E-state index >= 15 is 0 Å². The van der Waals surface area contributed by atoms with Gasteiger partial charge in [0, 0.05) is 12.2 Å². The second kappa shape index (κ2) is 4.81. The molecule has 0 saturated carbocycles. The average Bonchev–Trinajstić information content (AvgIpc) is 2.22. The molecule has 1 unspecified atom stereocenters.